The fraction of sp³-hybridized carbons (Fsp3) is 0.333. The van der Waals surface area contributed by atoms with Crippen LogP contribution < -0.4 is 0 Å². The molecule has 0 spiro atoms. The first kappa shape index (κ1) is 7.28. The molecular formula is C9H10N2O. The lowest BCUT2D eigenvalue weighted by molar-refractivity contribution is -0.125. The lowest BCUT2D eigenvalue weighted by Gasteiger charge is -2.24. The van der Waals surface area contributed by atoms with E-state index in [4.69, 9.17) is 0 Å². The molecule has 0 aromatic rings. The number of carbonyl (C=O) groups is 1. The minimum absolute atomic E-state index is 0.139. The zero-order valence-corrected chi connectivity index (χ0v) is 6.95. The molecule has 0 saturated heterocycles. The third-order valence-electron chi connectivity index (χ3n) is 1.96. The summed E-state index contributed by atoms with van der Waals surface area (Å²) < 4.78 is 0. The van der Waals surface area contributed by atoms with Crippen LogP contribution in [0.2, 0.25) is 0 Å². The SMILES string of the molecule is CC1=CC2=NCCC(=O)N2C=C1. The van der Waals surface area contributed by atoms with Gasteiger partial charge in [0.2, 0.25) is 5.91 Å². The van der Waals surface area contributed by atoms with Crippen molar-refractivity contribution in [2.24, 2.45) is 4.99 Å². The highest BCUT2D eigenvalue weighted by atomic mass is 16.2. The molecule has 62 valence electrons. The van der Waals surface area contributed by atoms with Crippen LogP contribution in [0.25, 0.3) is 0 Å². The zero-order valence-electron chi connectivity index (χ0n) is 6.95. The highest BCUT2D eigenvalue weighted by Gasteiger charge is 2.20. The van der Waals surface area contributed by atoms with Gasteiger partial charge in [-0.1, -0.05) is 0 Å². The van der Waals surface area contributed by atoms with Crippen LogP contribution in [-0.4, -0.2) is 23.2 Å². The minimum atomic E-state index is 0.139. The van der Waals surface area contributed by atoms with E-state index in [1.165, 1.54) is 0 Å². The molecule has 0 aromatic heterocycles. The van der Waals surface area contributed by atoms with Gasteiger partial charge in [0, 0.05) is 12.6 Å². The molecule has 0 saturated carbocycles. The zero-order chi connectivity index (χ0) is 8.55. The Morgan fingerprint density at radius 2 is 2.42 bits per heavy atom. The van der Waals surface area contributed by atoms with Crippen molar-refractivity contribution in [3.63, 3.8) is 0 Å². The quantitative estimate of drug-likeness (QED) is 0.524. The van der Waals surface area contributed by atoms with Gasteiger partial charge in [0.1, 0.15) is 5.84 Å². The molecule has 2 heterocycles. The summed E-state index contributed by atoms with van der Waals surface area (Å²) in [6.07, 6.45) is 6.16. The Balaban J connectivity index is 2.37. The second-order valence-corrected chi connectivity index (χ2v) is 2.96. The molecule has 3 heteroatoms. The average molecular weight is 162 g/mol. The average Bonchev–Trinajstić information content (AvgIpc) is 2.04. The van der Waals surface area contributed by atoms with Gasteiger partial charge in [-0.25, -0.2) is 0 Å². The molecule has 3 nitrogen and oxygen atoms in total. The van der Waals surface area contributed by atoms with Crippen LogP contribution in [-0.2, 0) is 4.79 Å². The smallest absolute Gasteiger partial charge is 0.234 e. The highest BCUT2D eigenvalue weighted by Crippen LogP contribution is 2.13. The number of amides is 1. The van der Waals surface area contributed by atoms with Crippen LogP contribution in [0, 0.1) is 0 Å². The molecule has 2 rings (SSSR count). The molecule has 1 amide bonds. The number of aliphatic imine (C=N–C) groups is 1. The third kappa shape index (κ3) is 1.07. The van der Waals surface area contributed by atoms with E-state index >= 15 is 0 Å². The van der Waals surface area contributed by atoms with Gasteiger partial charge in [-0.2, -0.15) is 0 Å². The summed E-state index contributed by atoms with van der Waals surface area (Å²) >= 11 is 0. The van der Waals surface area contributed by atoms with E-state index in [1.807, 2.05) is 19.1 Å². The van der Waals surface area contributed by atoms with E-state index in [0.29, 0.717) is 13.0 Å². The van der Waals surface area contributed by atoms with Crippen molar-refractivity contribution < 1.29 is 4.79 Å². The monoisotopic (exact) mass is 162 g/mol. The van der Waals surface area contributed by atoms with Gasteiger partial charge in [0.05, 0.1) is 6.54 Å². The van der Waals surface area contributed by atoms with Crippen molar-refractivity contribution in [2.75, 3.05) is 6.54 Å². The summed E-state index contributed by atoms with van der Waals surface area (Å²) in [5.74, 6) is 0.922. The van der Waals surface area contributed by atoms with Gasteiger partial charge in [-0.3, -0.25) is 14.7 Å². The van der Waals surface area contributed by atoms with Gasteiger partial charge in [-0.05, 0) is 24.6 Å². The summed E-state index contributed by atoms with van der Waals surface area (Å²) in [6.45, 7) is 2.62. The molecular weight excluding hydrogens is 152 g/mol. The molecule has 0 fully saturated rings. The maximum Gasteiger partial charge on any atom is 0.234 e. The lowest BCUT2D eigenvalue weighted by atomic mass is 10.1. The van der Waals surface area contributed by atoms with E-state index < -0.39 is 0 Å². The van der Waals surface area contributed by atoms with E-state index in [2.05, 4.69) is 4.99 Å². The maximum atomic E-state index is 11.3. The molecule has 0 N–H and O–H groups in total. The molecule has 0 aromatic carbocycles. The standard InChI is InChI=1S/C9H10N2O/c1-7-3-5-11-8(6-7)10-4-2-9(11)12/h3,5-6H,2,4H2,1H3. The van der Waals surface area contributed by atoms with Crippen molar-refractivity contribution in [1.82, 2.24) is 4.90 Å². The van der Waals surface area contributed by atoms with Crippen LogP contribution in [0.5, 0.6) is 0 Å². The van der Waals surface area contributed by atoms with Crippen LogP contribution in [0.15, 0.2) is 28.9 Å². The van der Waals surface area contributed by atoms with Crippen molar-refractivity contribution in [3.8, 4) is 0 Å². The number of allylic oxidation sites excluding steroid dienone is 2. The predicted molar refractivity (Wildman–Crippen MR) is 46.7 cm³/mol. The molecule has 0 atom stereocenters. The second kappa shape index (κ2) is 2.59. The fourth-order valence-corrected chi connectivity index (χ4v) is 1.31. The fourth-order valence-electron chi connectivity index (χ4n) is 1.31. The Hall–Kier alpha value is -1.38. The largest absolute Gasteiger partial charge is 0.274 e. The number of hydrogen-bond donors (Lipinski definition) is 0. The Morgan fingerprint density at radius 3 is 3.25 bits per heavy atom. The Bertz CT molecular complexity index is 312. The first-order chi connectivity index (χ1) is 5.77. The number of amidine groups is 1. The molecule has 0 aliphatic carbocycles. The molecule has 0 radical (unpaired) electrons. The number of rotatable bonds is 0. The van der Waals surface area contributed by atoms with Crippen molar-refractivity contribution >= 4 is 11.7 Å². The van der Waals surface area contributed by atoms with E-state index in [9.17, 15) is 4.79 Å². The summed E-state index contributed by atoms with van der Waals surface area (Å²) in [6, 6.07) is 0. The van der Waals surface area contributed by atoms with Crippen LogP contribution >= 0.6 is 0 Å². The maximum absolute atomic E-state index is 11.3. The minimum Gasteiger partial charge on any atom is -0.274 e. The van der Waals surface area contributed by atoms with Crippen molar-refractivity contribution in [3.05, 3.63) is 23.9 Å². The van der Waals surface area contributed by atoms with Gasteiger partial charge in [0.25, 0.3) is 0 Å². The van der Waals surface area contributed by atoms with Crippen molar-refractivity contribution in [1.29, 1.82) is 0 Å². The molecule has 2 aliphatic heterocycles. The second-order valence-electron chi connectivity index (χ2n) is 2.96. The third-order valence-corrected chi connectivity index (χ3v) is 1.96. The lowest BCUT2D eigenvalue weighted by Crippen LogP contribution is -2.36. The van der Waals surface area contributed by atoms with Gasteiger partial charge < -0.3 is 0 Å². The summed E-state index contributed by atoms with van der Waals surface area (Å²) in [5, 5.41) is 0. The first-order valence-electron chi connectivity index (χ1n) is 4.00. The van der Waals surface area contributed by atoms with E-state index in [-0.39, 0.29) is 5.91 Å². The molecule has 12 heavy (non-hydrogen) atoms. The normalized spacial score (nSPS) is 21.8. The van der Waals surface area contributed by atoms with Crippen LogP contribution in [0.1, 0.15) is 13.3 Å². The topological polar surface area (TPSA) is 32.7 Å². The number of carbonyl (C=O) groups excluding carboxylic acids is 1. The van der Waals surface area contributed by atoms with Gasteiger partial charge in [-0.15, -0.1) is 0 Å². The Morgan fingerprint density at radius 1 is 1.58 bits per heavy atom. The molecule has 2 aliphatic rings. The van der Waals surface area contributed by atoms with Crippen LogP contribution in [0.3, 0.4) is 0 Å². The summed E-state index contributed by atoms with van der Waals surface area (Å²) in [7, 11) is 0. The van der Waals surface area contributed by atoms with E-state index in [0.717, 1.165) is 11.4 Å². The van der Waals surface area contributed by atoms with Crippen molar-refractivity contribution in [2.45, 2.75) is 13.3 Å². The van der Waals surface area contributed by atoms with Crippen LogP contribution in [0.4, 0.5) is 0 Å². The van der Waals surface area contributed by atoms with Gasteiger partial charge in [0.15, 0.2) is 0 Å². The highest BCUT2D eigenvalue weighted by molar-refractivity contribution is 6.08. The molecule has 0 unspecified atom stereocenters. The number of fused-ring (bicyclic) bond motifs is 1. The number of hydrogen-bond acceptors (Lipinski definition) is 2. The first-order valence-corrected chi connectivity index (χ1v) is 4.00. The Kier molecular flexibility index (Phi) is 1.57. The van der Waals surface area contributed by atoms with E-state index in [1.54, 1.807) is 11.1 Å². The summed E-state index contributed by atoms with van der Waals surface area (Å²) in [4.78, 5) is 17.2. The van der Waals surface area contributed by atoms with Gasteiger partial charge >= 0.3 is 0 Å². The number of nitrogens with zero attached hydrogens (tertiary/aromatic N) is 2. The predicted octanol–water partition coefficient (Wildman–Crippen LogP) is 1.09. The Labute approximate surface area is 71.1 Å². The summed E-state index contributed by atoms with van der Waals surface area (Å²) in [5.41, 5.74) is 1.14. The molecule has 0 bridgehead atoms.